The molecule has 0 atom stereocenters. The van der Waals surface area contributed by atoms with Crippen LogP contribution in [0, 0.1) is 0 Å². The van der Waals surface area contributed by atoms with E-state index in [0.29, 0.717) is 27.6 Å². The minimum absolute atomic E-state index is 0.154. The summed E-state index contributed by atoms with van der Waals surface area (Å²) < 4.78 is 10.4. The average molecular weight is 277 g/mol. The van der Waals surface area contributed by atoms with E-state index in [1.54, 1.807) is 42.5 Å². The van der Waals surface area contributed by atoms with Crippen LogP contribution in [-0.4, -0.2) is 20.0 Å². The Bertz CT molecular complexity index is 608. The van der Waals surface area contributed by atoms with Crippen molar-refractivity contribution in [1.29, 1.82) is 0 Å². The molecule has 0 N–H and O–H groups in total. The van der Waals surface area contributed by atoms with Crippen molar-refractivity contribution in [1.82, 2.24) is 0 Å². The lowest BCUT2D eigenvalue weighted by atomic mass is 10.0. The third kappa shape index (κ3) is 2.71. The number of benzene rings is 2. The highest BCUT2D eigenvalue weighted by Gasteiger charge is 2.17. The van der Waals surface area contributed by atoms with E-state index in [9.17, 15) is 4.79 Å². The number of para-hydroxylation sites is 1. The van der Waals surface area contributed by atoms with Crippen LogP contribution < -0.4 is 9.47 Å². The van der Waals surface area contributed by atoms with Gasteiger partial charge < -0.3 is 9.47 Å². The summed E-state index contributed by atoms with van der Waals surface area (Å²) in [4.78, 5) is 12.5. The Kier molecular flexibility index (Phi) is 4.07. The van der Waals surface area contributed by atoms with Crippen molar-refractivity contribution in [3.63, 3.8) is 0 Å². The molecule has 2 aromatic rings. The highest BCUT2D eigenvalue weighted by Crippen LogP contribution is 2.32. The maximum atomic E-state index is 12.5. The maximum absolute atomic E-state index is 12.5. The fourth-order valence-corrected chi connectivity index (χ4v) is 2.04. The Balaban J connectivity index is 2.50. The van der Waals surface area contributed by atoms with Gasteiger partial charge in [0.2, 0.25) is 0 Å². The molecule has 4 heteroatoms. The number of carbonyl (C=O) groups excluding carboxylic acids is 1. The van der Waals surface area contributed by atoms with Crippen molar-refractivity contribution in [2.24, 2.45) is 0 Å². The molecule has 0 aliphatic heterocycles. The summed E-state index contributed by atoms with van der Waals surface area (Å²) in [6, 6.07) is 12.0. The van der Waals surface area contributed by atoms with Gasteiger partial charge in [-0.15, -0.1) is 0 Å². The van der Waals surface area contributed by atoms with E-state index in [-0.39, 0.29) is 5.78 Å². The minimum Gasteiger partial charge on any atom is -0.493 e. The number of methoxy groups -OCH3 is 2. The molecule has 0 unspecified atom stereocenters. The first-order valence-electron chi connectivity index (χ1n) is 5.68. The van der Waals surface area contributed by atoms with Crippen molar-refractivity contribution in [3.8, 4) is 11.5 Å². The van der Waals surface area contributed by atoms with Gasteiger partial charge in [0.1, 0.15) is 0 Å². The van der Waals surface area contributed by atoms with Crippen LogP contribution in [0.1, 0.15) is 15.9 Å². The Hall–Kier alpha value is -2.00. The summed E-state index contributed by atoms with van der Waals surface area (Å²) in [5, 5.41) is 0.521. The molecule has 3 nitrogen and oxygen atoms in total. The van der Waals surface area contributed by atoms with Crippen LogP contribution in [0.5, 0.6) is 11.5 Å². The second-order valence-electron chi connectivity index (χ2n) is 3.88. The van der Waals surface area contributed by atoms with Crippen molar-refractivity contribution in [2.45, 2.75) is 0 Å². The van der Waals surface area contributed by atoms with Crippen LogP contribution >= 0.6 is 11.6 Å². The summed E-state index contributed by atoms with van der Waals surface area (Å²) >= 11 is 5.90. The predicted octanol–water partition coefficient (Wildman–Crippen LogP) is 3.59. The van der Waals surface area contributed by atoms with E-state index in [1.165, 1.54) is 14.2 Å². The number of hydrogen-bond donors (Lipinski definition) is 0. The van der Waals surface area contributed by atoms with Gasteiger partial charge in [0.25, 0.3) is 0 Å². The largest absolute Gasteiger partial charge is 0.493 e. The Morgan fingerprint density at radius 2 is 1.79 bits per heavy atom. The summed E-state index contributed by atoms with van der Waals surface area (Å²) in [5.41, 5.74) is 0.961. The first kappa shape index (κ1) is 13.4. The third-order valence-electron chi connectivity index (χ3n) is 2.73. The quantitative estimate of drug-likeness (QED) is 0.801. The van der Waals surface area contributed by atoms with Gasteiger partial charge in [-0.3, -0.25) is 4.79 Å². The van der Waals surface area contributed by atoms with Crippen LogP contribution in [0.15, 0.2) is 42.5 Å². The molecule has 0 aliphatic rings. The molecular weight excluding hydrogens is 264 g/mol. The Morgan fingerprint density at radius 3 is 2.42 bits per heavy atom. The van der Waals surface area contributed by atoms with Crippen LogP contribution in [0.25, 0.3) is 0 Å². The van der Waals surface area contributed by atoms with E-state index in [0.717, 1.165) is 0 Å². The molecule has 0 fully saturated rings. The van der Waals surface area contributed by atoms with Gasteiger partial charge in [0.05, 0.1) is 19.8 Å². The molecule has 0 bridgehead atoms. The zero-order chi connectivity index (χ0) is 13.8. The van der Waals surface area contributed by atoms with Crippen molar-refractivity contribution in [2.75, 3.05) is 14.2 Å². The SMILES string of the molecule is COc1cccc(C(=O)c2cccc(Cl)c2)c1OC. The van der Waals surface area contributed by atoms with Gasteiger partial charge in [0.15, 0.2) is 17.3 Å². The van der Waals surface area contributed by atoms with Gasteiger partial charge in [-0.2, -0.15) is 0 Å². The van der Waals surface area contributed by atoms with Crippen LogP contribution in [-0.2, 0) is 0 Å². The lowest BCUT2D eigenvalue weighted by Crippen LogP contribution is -2.05. The molecule has 0 saturated carbocycles. The van der Waals surface area contributed by atoms with Gasteiger partial charge in [-0.1, -0.05) is 29.8 Å². The van der Waals surface area contributed by atoms with Crippen molar-refractivity contribution >= 4 is 17.4 Å². The van der Waals surface area contributed by atoms with Crippen LogP contribution in [0.3, 0.4) is 0 Å². The molecule has 19 heavy (non-hydrogen) atoms. The summed E-state index contributed by atoms with van der Waals surface area (Å²) in [6.45, 7) is 0. The van der Waals surface area contributed by atoms with Crippen molar-refractivity contribution < 1.29 is 14.3 Å². The van der Waals surface area contributed by atoms with E-state index >= 15 is 0 Å². The highest BCUT2D eigenvalue weighted by molar-refractivity contribution is 6.31. The Labute approximate surface area is 116 Å². The molecule has 98 valence electrons. The number of ketones is 1. The molecule has 0 saturated heterocycles. The lowest BCUT2D eigenvalue weighted by Gasteiger charge is -2.11. The topological polar surface area (TPSA) is 35.5 Å². The molecule has 0 heterocycles. The second-order valence-corrected chi connectivity index (χ2v) is 4.32. The normalized spacial score (nSPS) is 10.1. The predicted molar refractivity (Wildman–Crippen MR) is 74.4 cm³/mol. The highest BCUT2D eigenvalue weighted by atomic mass is 35.5. The minimum atomic E-state index is -0.154. The molecule has 2 aromatic carbocycles. The van der Waals surface area contributed by atoms with E-state index < -0.39 is 0 Å². The molecule has 0 spiro atoms. The Morgan fingerprint density at radius 1 is 1.05 bits per heavy atom. The summed E-state index contributed by atoms with van der Waals surface area (Å²) in [7, 11) is 3.04. The molecule has 0 radical (unpaired) electrons. The molecular formula is C15H13ClO3. The second kappa shape index (κ2) is 5.76. The number of halogens is 1. The fraction of sp³-hybridized carbons (Fsp3) is 0.133. The monoisotopic (exact) mass is 276 g/mol. The zero-order valence-electron chi connectivity index (χ0n) is 10.6. The van der Waals surface area contributed by atoms with E-state index in [2.05, 4.69) is 0 Å². The summed E-state index contributed by atoms with van der Waals surface area (Å²) in [5.74, 6) is 0.795. The first-order valence-corrected chi connectivity index (χ1v) is 6.06. The lowest BCUT2D eigenvalue weighted by molar-refractivity contribution is 0.103. The zero-order valence-corrected chi connectivity index (χ0v) is 11.4. The van der Waals surface area contributed by atoms with Crippen LogP contribution in [0.4, 0.5) is 0 Å². The molecule has 2 rings (SSSR count). The number of hydrogen-bond acceptors (Lipinski definition) is 3. The third-order valence-corrected chi connectivity index (χ3v) is 2.97. The number of ether oxygens (including phenoxy) is 2. The fourth-order valence-electron chi connectivity index (χ4n) is 1.85. The van der Waals surface area contributed by atoms with Crippen LogP contribution in [0.2, 0.25) is 5.02 Å². The summed E-state index contributed by atoms with van der Waals surface area (Å²) in [6.07, 6.45) is 0. The molecule has 0 amide bonds. The standard InChI is InChI=1S/C15H13ClO3/c1-18-13-8-4-7-12(15(13)19-2)14(17)10-5-3-6-11(16)9-10/h3-9H,1-2H3. The average Bonchev–Trinajstić information content (AvgIpc) is 2.45. The molecule has 0 aliphatic carbocycles. The van der Waals surface area contributed by atoms with Gasteiger partial charge in [-0.05, 0) is 24.3 Å². The van der Waals surface area contributed by atoms with Gasteiger partial charge in [-0.25, -0.2) is 0 Å². The maximum Gasteiger partial charge on any atom is 0.196 e. The van der Waals surface area contributed by atoms with Gasteiger partial charge in [0, 0.05) is 10.6 Å². The van der Waals surface area contributed by atoms with Crippen molar-refractivity contribution in [3.05, 3.63) is 58.6 Å². The number of rotatable bonds is 4. The smallest absolute Gasteiger partial charge is 0.196 e. The first-order chi connectivity index (χ1) is 9.17. The van der Waals surface area contributed by atoms with E-state index in [4.69, 9.17) is 21.1 Å². The van der Waals surface area contributed by atoms with Gasteiger partial charge >= 0.3 is 0 Å². The number of carbonyl (C=O) groups is 1. The van der Waals surface area contributed by atoms with E-state index in [1.807, 2.05) is 0 Å². The molecule has 0 aromatic heterocycles.